The second kappa shape index (κ2) is 42.0. The quantitative estimate of drug-likeness (QED) is 0.0147. The lowest BCUT2D eigenvalue weighted by Gasteiger charge is -2.20. The van der Waals surface area contributed by atoms with Crippen molar-refractivity contribution < 1.29 is 66.3 Å². The Morgan fingerprint density at radius 3 is 1.66 bits per heavy atom. The maximum absolute atomic E-state index is 12.8. The average Bonchev–Trinajstić information content (AvgIpc) is 4.05. The molecule has 0 saturated carbocycles. The summed E-state index contributed by atoms with van der Waals surface area (Å²) in [5.41, 5.74) is 0. The number of unbranched alkanes of at least 4 members (excludes halogenated alkanes) is 20. The number of hydrogen-bond donors (Lipinski definition) is 4. The van der Waals surface area contributed by atoms with Crippen LogP contribution >= 0.6 is 15.6 Å². The van der Waals surface area contributed by atoms with Crippen molar-refractivity contribution in [2.45, 2.75) is 244 Å². The Morgan fingerprint density at radius 1 is 0.582 bits per heavy atom. The molecule has 6 atom stereocenters. The molecule has 1 heterocycles. The van der Waals surface area contributed by atoms with Crippen LogP contribution in [0.3, 0.4) is 0 Å². The van der Waals surface area contributed by atoms with E-state index in [-0.39, 0.29) is 25.0 Å². The minimum Gasteiger partial charge on any atom is -0.462 e. The van der Waals surface area contributed by atoms with Crippen LogP contribution in [0.4, 0.5) is 0 Å². The van der Waals surface area contributed by atoms with Crippen LogP contribution in [0.15, 0.2) is 36.5 Å². The van der Waals surface area contributed by atoms with Gasteiger partial charge < -0.3 is 34.0 Å². The van der Waals surface area contributed by atoms with Crippen LogP contribution < -0.4 is 0 Å². The van der Waals surface area contributed by atoms with E-state index < -0.39 is 66.2 Å². The van der Waals surface area contributed by atoms with E-state index in [1.54, 1.807) is 0 Å². The zero-order valence-electron chi connectivity index (χ0n) is 41.9. The Kier molecular flexibility index (Phi) is 39.7. The van der Waals surface area contributed by atoms with Crippen molar-refractivity contribution in [1.82, 2.24) is 0 Å². The van der Waals surface area contributed by atoms with E-state index in [1.807, 2.05) is 0 Å². The monoisotopic (exact) mass is 993 g/mol. The van der Waals surface area contributed by atoms with Crippen molar-refractivity contribution in [2.75, 3.05) is 26.4 Å². The molecule has 0 aromatic carbocycles. The van der Waals surface area contributed by atoms with Gasteiger partial charge in [-0.25, -0.2) is 9.13 Å². The molecule has 1 aliphatic rings. The van der Waals surface area contributed by atoms with Crippen molar-refractivity contribution in [3.05, 3.63) is 36.5 Å². The third kappa shape index (κ3) is 42.9. The number of hydrogen-bond acceptors (Lipinski definition) is 11. The number of esters is 2. The molecule has 4 N–H and O–H groups in total. The van der Waals surface area contributed by atoms with Gasteiger partial charge in [-0.3, -0.25) is 23.2 Å². The molecule has 0 aromatic rings. The maximum atomic E-state index is 12.8. The van der Waals surface area contributed by atoms with Crippen LogP contribution in [-0.2, 0) is 46.5 Å². The van der Waals surface area contributed by atoms with Gasteiger partial charge in [0.05, 0.1) is 32.0 Å². The molecule has 0 amide bonds. The number of aliphatic hydroxyl groups excluding tert-OH is 1. The number of phosphoric acid groups is 2. The lowest BCUT2D eigenvalue weighted by atomic mass is 9.99. The van der Waals surface area contributed by atoms with E-state index in [1.165, 1.54) is 122 Å². The minimum atomic E-state index is -4.88. The first-order chi connectivity index (χ1) is 32.2. The van der Waals surface area contributed by atoms with Gasteiger partial charge in [-0.05, 0) is 57.3 Å². The normalized spacial score (nSPS) is 17.6. The standard InChI is InChI=1S/C51H94O14P2/c1-4-6-7-8-9-10-11-21-24-27-30-33-37-48-49(65-48)38-35-40-51(54)64-47(44-63-67(58,59)62-42-46(52)41-61-66(55,56)57)43-60-50(53)39-34-31-28-25-22-19-17-15-13-12-14-16-18-20-23-26-29-32-36-45(3)5-2/h9-10,21,24,30,33,45-49,52H,4-8,11-20,22-23,25-29,31-32,34-44H2,1-3H3,(H,58,59)(H2,55,56,57)/b10-9-,24-21-,33-30-/t45?,46-,47+,48?,49?/m0/s1. The number of ether oxygens (including phenoxy) is 3. The summed E-state index contributed by atoms with van der Waals surface area (Å²) >= 11 is 0. The van der Waals surface area contributed by atoms with E-state index in [4.69, 9.17) is 33.0 Å². The first kappa shape index (κ1) is 63.3. The Labute approximate surface area is 405 Å². The summed E-state index contributed by atoms with van der Waals surface area (Å²) in [5.74, 6) is -0.216. The fraction of sp³-hybridized carbons (Fsp3) is 0.843. The van der Waals surface area contributed by atoms with Crippen molar-refractivity contribution in [1.29, 1.82) is 0 Å². The van der Waals surface area contributed by atoms with Gasteiger partial charge in [-0.15, -0.1) is 0 Å². The molecular weight excluding hydrogens is 898 g/mol. The molecule has 0 spiro atoms. The predicted molar refractivity (Wildman–Crippen MR) is 266 cm³/mol. The Morgan fingerprint density at radius 2 is 1.09 bits per heavy atom. The summed E-state index contributed by atoms with van der Waals surface area (Å²) in [6.45, 7) is 4.07. The number of phosphoric ester groups is 2. The predicted octanol–water partition coefficient (Wildman–Crippen LogP) is 13.3. The van der Waals surface area contributed by atoms with Gasteiger partial charge in [0.25, 0.3) is 0 Å². The second-order valence-corrected chi connectivity index (χ2v) is 21.1. The Balaban J connectivity index is 2.31. The number of carbonyl (C=O) groups excluding carboxylic acids is 2. The summed E-state index contributed by atoms with van der Waals surface area (Å²) in [5, 5.41) is 9.79. The summed E-state index contributed by atoms with van der Waals surface area (Å²) in [6.07, 6.45) is 44.3. The number of allylic oxidation sites excluding steroid dienone is 5. The molecule has 16 heteroatoms. The first-order valence-electron chi connectivity index (χ1n) is 26.2. The van der Waals surface area contributed by atoms with Gasteiger partial charge in [0.15, 0.2) is 6.10 Å². The van der Waals surface area contributed by atoms with E-state index in [9.17, 15) is 28.7 Å². The van der Waals surface area contributed by atoms with Gasteiger partial charge in [-0.1, -0.05) is 192 Å². The molecule has 14 nitrogen and oxygen atoms in total. The molecule has 67 heavy (non-hydrogen) atoms. The molecular formula is C51H94O14P2. The first-order valence-corrected chi connectivity index (χ1v) is 29.2. The van der Waals surface area contributed by atoms with Gasteiger partial charge in [0, 0.05) is 12.8 Å². The molecule has 1 saturated heterocycles. The van der Waals surface area contributed by atoms with Crippen molar-refractivity contribution in [3.63, 3.8) is 0 Å². The molecule has 0 aromatic heterocycles. The highest BCUT2D eigenvalue weighted by molar-refractivity contribution is 7.47. The molecule has 0 radical (unpaired) electrons. The van der Waals surface area contributed by atoms with Crippen LogP contribution in [-0.4, -0.2) is 82.6 Å². The van der Waals surface area contributed by atoms with Gasteiger partial charge in [-0.2, -0.15) is 0 Å². The van der Waals surface area contributed by atoms with Crippen LogP contribution in [0.5, 0.6) is 0 Å². The number of carbonyl (C=O) groups is 2. The molecule has 1 fully saturated rings. The zero-order valence-corrected chi connectivity index (χ0v) is 43.7. The van der Waals surface area contributed by atoms with Gasteiger partial charge in [0.1, 0.15) is 12.7 Å². The fourth-order valence-electron chi connectivity index (χ4n) is 7.53. The van der Waals surface area contributed by atoms with E-state index in [0.717, 1.165) is 50.9 Å². The third-order valence-corrected chi connectivity index (χ3v) is 13.4. The van der Waals surface area contributed by atoms with Crippen LogP contribution in [0.25, 0.3) is 0 Å². The third-order valence-electron chi connectivity index (χ3n) is 12.0. The number of rotatable bonds is 48. The van der Waals surface area contributed by atoms with E-state index in [2.05, 4.69) is 61.8 Å². The van der Waals surface area contributed by atoms with Gasteiger partial charge >= 0.3 is 27.6 Å². The maximum Gasteiger partial charge on any atom is 0.472 e. The van der Waals surface area contributed by atoms with Crippen LogP contribution in [0, 0.1) is 5.92 Å². The smallest absolute Gasteiger partial charge is 0.462 e. The molecule has 0 aliphatic carbocycles. The SMILES string of the molecule is CCCCC/C=C\C/C=C\C/C=C\CC1OC1CCCC(=O)O[C@H](COC(=O)CCCCCCCCCCCCCCCCCCCCC(C)CC)COP(=O)(O)OC[C@@H](O)COP(=O)(O)O. The van der Waals surface area contributed by atoms with Crippen LogP contribution in [0.1, 0.15) is 220 Å². The summed E-state index contributed by atoms with van der Waals surface area (Å²) in [4.78, 5) is 53.1. The Bertz CT molecular complexity index is 1400. The minimum absolute atomic E-state index is 0.0445. The molecule has 4 unspecified atom stereocenters. The summed E-state index contributed by atoms with van der Waals surface area (Å²) < 4.78 is 53.8. The van der Waals surface area contributed by atoms with Crippen LogP contribution in [0.2, 0.25) is 0 Å². The number of aliphatic hydroxyl groups is 1. The van der Waals surface area contributed by atoms with E-state index in [0.29, 0.717) is 19.3 Å². The lowest BCUT2D eigenvalue weighted by Crippen LogP contribution is -2.30. The topological polar surface area (TPSA) is 208 Å². The second-order valence-electron chi connectivity index (χ2n) is 18.4. The molecule has 1 rings (SSSR count). The van der Waals surface area contributed by atoms with Crippen molar-refractivity contribution in [2.24, 2.45) is 5.92 Å². The summed E-state index contributed by atoms with van der Waals surface area (Å²) in [7, 11) is -9.71. The zero-order chi connectivity index (χ0) is 49.3. The Hall–Kier alpha value is -1.70. The molecule has 392 valence electrons. The van der Waals surface area contributed by atoms with Crippen molar-refractivity contribution in [3.8, 4) is 0 Å². The average molecular weight is 993 g/mol. The van der Waals surface area contributed by atoms with E-state index >= 15 is 0 Å². The molecule has 1 aliphatic heterocycles. The van der Waals surface area contributed by atoms with Crippen molar-refractivity contribution >= 4 is 27.6 Å². The summed E-state index contributed by atoms with van der Waals surface area (Å²) in [6, 6.07) is 0. The molecule has 0 bridgehead atoms. The number of epoxide rings is 1. The highest BCUT2D eigenvalue weighted by Gasteiger charge is 2.37. The fourth-order valence-corrected chi connectivity index (χ4v) is 8.69. The highest BCUT2D eigenvalue weighted by Crippen LogP contribution is 2.44. The highest BCUT2D eigenvalue weighted by atomic mass is 31.2. The largest absolute Gasteiger partial charge is 0.472 e. The lowest BCUT2D eigenvalue weighted by molar-refractivity contribution is -0.161. The van der Waals surface area contributed by atoms with Gasteiger partial charge in [0.2, 0.25) is 0 Å².